The molecule has 2 heterocycles. The number of nitrogens with zero attached hydrogens (tertiary/aromatic N) is 2. The molecule has 1 N–H and O–H groups in total. The van der Waals surface area contributed by atoms with Crippen molar-refractivity contribution in [3.63, 3.8) is 0 Å². The van der Waals surface area contributed by atoms with Gasteiger partial charge in [0.05, 0.1) is 17.4 Å². The van der Waals surface area contributed by atoms with E-state index in [-0.39, 0.29) is 18.6 Å². The minimum Gasteiger partial charge on any atom is -0.460 e. The van der Waals surface area contributed by atoms with E-state index in [0.717, 1.165) is 5.69 Å². The molecule has 1 unspecified atom stereocenters. The maximum Gasteiger partial charge on any atom is 0.341 e. The summed E-state index contributed by atoms with van der Waals surface area (Å²) < 4.78 is 6.89. The van der Waals surface area contributed by atoms with Crippen LogP contribution in [0.3, 0.4) is 0 Å². The average Bonchev–Trinajstić information content (AvgIpc) is 3.11. The highest BCUT2D eigenvalue weighted by molar-refractivity contribution is 6.30. The van der Waals surface area contributed by atoms with Crippen molar-refractivity contribution in [2.24, 2.45) is 0 Å². The fraction of sp³-hybridized carbons (Fsp3) is 0.312. The van der Waals surface area contributed by atoms with Crippen molar-refractivity contribution < 1.29 is 14.3 Å². The summed E-state index contributed by atoms with van der Waals surface area (Å²) in [6, 6.07) is 7.05. The summed E-state index contributed by atoms with van der Waals surface area (Å²) in [4.78, 5) is 23.3. The van der Waals surface area contributed by atoms with E-state index < -0.39 is 5.97 Å². The van der Waals surface area contributed by atoms with E-state index in [2.05, 4.69) is 10.4 Å². The van der Waals surface area contributed by atoms with E-state index in [1.54, 1.807) is 29.9 Å². The number of hydrogen-bond donors (Lipinski definition) is 1. The molecule has 1 aliphatic heterocycles. The number of nitrogens with one attached hydrogen (secondary N) is 1. The van der Waals surface area contributed by atoms with E-state index in [1.165, 1.54) is 0 Å². The highest BCUT2D eigenvalue weighted by Gasteiger charge is 2.23. The van der Waals surface area contributed by atoms with Gasteiger partial charge in [-0.2, -0.15) is 5.10 Å². The van der Waals surface area contributed by atoms with Crippen molar-refractivity contribution in [1.29, 1.82) is 0 Å². The van der Waals surface area contributed by atoms with Crippen LogP contribution in [0.4, 0.5) is 0 Å². The second-order valence-electron chi connectivity index (χ2n) is 5.45. The third-order valence-electron chi connectivity index (χ3n) is 3.71. The molecule has 3 rings (SSSR count). The summed E-state index contributed by atoms with van der Waals surface area (Å²) in [6.07, 6.45) is 2.80. The monoisotopic (exact) mass is 333 g/mol. The zero-order valence-electron chi connectivity index (χ0n) is 12.6. The average molecular weight is 334 g/mol. The minimum absolute atomic E-state index is 0.00205. The van der Waals surface area contributed by atoms with Gasteiger partial charge in [0.2, 0.25) is 5.91 Å². The zero-order valence-corrected chi connectivity index (χ0v) is 13.3. The standard InChI is InChI=1S/C16H16ClN3O3/c1-10-14(16(22)23-9-12-4-7-15(21)18-12)8-20(19-10)13-5-2-11(17)3-6-13/h2-3,5-6,8,12H,4,7,9H2,1H3,(H,18,21). The Bertz CT molecular complexity index is 740. The van der Waals surface area contributed by atoms with E-state index >= 15 is 0 Å². The maximum atomic E-state index is 12.2. The number of rotatable bonds is 4. The third kappa shape index (κ3) is 3.53. The van der Waals surface area contributed by atoms with E-state index in [9.17, 15) is 9.59 Å². The molecule has 0 radical (unpaired) electrons. The SMILES string of the molecule is Cc1nn(-c2ccc(Cl)cc2)cc1C(=O)OCC1CCC(=O)N1. The Balaban J connectivity index is 1.69. The number of carbonyl (C=O) groups excluding carboxylic acids is 2. The lowest BCUT2D eigenvalue weighted by Gasteiger charge is -2.10. The second kappa shape index (κ2) is 6.42. The van der Waals surface area contributed by atoms with E-state index in [4.69, 9.17) is 16.3 Å². The van der Waals surface area contributed by atoms with Gasteiger partial charge < -0.3 is 10.1 Å². The molecule has 7 heteroatoms. The van der Waals surface area contributed by atoms with Crippen LogP contribution >= 0.6 is 11.6 Å². The molecule has 0 saturated carbocycles. The van der Waals surface area contributed by atoms with Crippen LogP contribution in [-0.2, 0) is 9.53 Å². The Kier molecular flexibility index (Phi) is 4.34. The van der Waals surface area contributed by atoms with Crippen molar-refractivity contribution >= 4 is 23.5 Å². The second-order valence-corrected chi connectivity index (χ2v) is 5.89. The normalized spacial score (nSPS) is 17.1. The number of esters is 1. The Morgan fingerprint density at radius 1 is 1.43 bits per heavy atom. The summed E-state index contributed by atoms with van der Waals surface area (Å²) in [6.45, 7) is 1.93. The van der Waals surface area contributed by atoms with Gasteiger partial charge in [0, 0.05) is 17.6 Å². The minimum atomic E-state index is -0.441. The molecule has 0 spiro atoms. The van der Waals surface area contributed by atoms with Gasteiger partial charge in [-0.25, -0.2) is 9.48 Å². The summed E-state index contributed by atoms with van der Waals surface area (Å²) in [5, 5.41) is 7.72. The smallest absolute Gasteiger partial charge is 0.341 e. The van der Waals surface area contributed by atoms with Gasteiger partial charge in [-0.1, -0.05) is 11.6 Å². The Morgan fingerprint density at radius 2 is 2.17 bits per heavy atom. The van der Waals surface area contributed by atoms with Gasteiger partial charge >= 0.3 is 5.97 Å². The number of hydrogen-bond acceptors (Lipinski definition) is 4. The van der Waals surface area contributed by atoms with Gasteiger partial charge in [0.15, 0.2) is 0 Å². The van der Waals surface area contributed by atoms with Crippen LogP contribution in [0.15, 0.2) is 30.5 Å². The first-order chi connectivity index (χ1) is 11.0. The molecule has 1 aromatic heterocycles. The van der Waals surface area contributed by atoms with Crippen LogP contribution in [0.25, 0.3) is 5.69 Å². The number of aromatic nitrogens is 2. The highest BCUT2D eigenvalue weighted by Crippen LogP contribution is 2.16. The molecule has 1 amide bonds. The number of ether oxygens (including phenoxy) is 1. The molecule has 0 bridgehead atoms. The van der Waals surface area contributed by atoms with Crippen molar-refractivity contribution in [2.45, 2.75) is 25.8 Å². The van der Waals surface area contributed by atoms with E-state index in [0.29, 0.717) is 29.1 Å². The fourth-order valence-corrected chi connectivity index (χ4v) is 2.57. The molecule has 0 aliphatic carbocycles. The van der Waals surface area contributed by atoms with Crippen molar-refractivity contribution in [3.8, 4) is 5.69 Å². The number of aryl methyl sites for hydroxylation is 1. The first-order valence-corrected chi connectivity index (χ1v) is 7.69. The van der Waals surface area contributed by atoms with Crippen LogP contribution in [0.1, 0.15) is 28.9 Å². The van der Waals surface area contributed by atoms with Gasteiger partial charge in [0.1, 0.15) is 12.2 Å². The quantitative estimate of drug-likeness (QED) is 0.871. The first kappa shape index (κ1) is 15.6. The van der Waals surface area contributed by atoms with Crippen LogP contribution in [-0.4, -0.2) is 34.3 Å². The topological polar surface area (TPSA) is 73.2 Å². The predicted molar refractivity (Wildman–Crippen MR) is 84.8 cm³/mol. The molecule has 120 valence electrons. The Morgan fingerprint density at radius 3 is 2.83 bits per heavy atom. The molecular formula is C16H16ClN3O3. The van der Waals surface area contributed by atoms with Crippen LogP contribution in [0, 0.1) is 6.92 Å². The first-order valence-electron chi connectivity index (χ1n) is 7.31. The van der Waals surface area contributed by atoms with Gasteiger partial charge in [0.25, 0.3) is 0 Å². The maximum absolute atomic E-state index is 12.2. The van der Waals surface area contributed by atoms with Crippen LogP contribution in [0.2, 0.25) is 5.02 Å². The predicted octanol–water partition coefficient (Wildman–Crippen LogP) is 2.27. The summed E-state index contributed by atoms with van der Waals surface area (Å²) in [5.41, 5.74) is 1.80. The molecule has 1 atom stereocenters. The molecule has 1 aliphatic rings. The summed E-state index contributed by atoms with van der Waals surface area (Å²) in [7, 11) is 0. The lowest BCUT2D eigenvalue weighted by Crippen LogP contribution is -2.30. The number of amides is 1. The van der Waals surface area contributed by atoms with Gasteiger partial charge in [-0.3, -0.25) is 4.79 Å². The molecule has 2 aromatic rings. The number of benzene rings is 1. The van der Waals surface area contributed by atoms with Crippen molar-refractivity contribution in [1.82, 2.24) is 15.1 Å². The van der Waals surface area contributed by atoms with Crippen molar-refractivity contribution in [3.05, 3.63) is 46.7 Å². The van der Waals surface area contributed by atoms with Crippen molar-refractivity contribution in [2.75, 3.05) is 6.61 Å². The number of halogens is 1. The number of carbonyl (C=O) groups is 2. The lowest BCUT2D eigenvalue weighted by molar-refractivity contribution is -0.119. The zero-order chi connectivity index (χ0) is 16.4. The van der Waals surface area contributed by atoms with Gasteiger partial charge in [-0.05, 0) is 37.6 Å². The molecule has 6 nitrogen and oxygen atoms in total. The highest BCUT2D eigenvalue weighted by atomic mass is 35.5. The van der Waals surface area contributed by atoms with E-state index in [1.807, 2.05) is 12.1 Å². The lowest BCUT2D eigenvalue weighted by atomic mass is 10.2. The third-order valence-corrected chi connectivity index (χ3v) is 3.96. The summed E-state index contributed by atoms with van der Waals surface area (Å²) in [5.74, 6) is -0.443. The molecule has 23 heavy (non-hydrogen) atoms. The molecule has 1 aromatic carbocycles. The van der Waals surface area contributed by atoms with Gasteiger partial charge in [-0.15, -0.1) is 0 Å². The molecular weight excluding hydrogens is 318 g/mol. The summed E-state index contributed by atoms with van der Waals surface area (Å²) >= 11 is 5.87. The van der Waals surface area contributed by atoms with Crippen LogP contribution < -0.4 is 5.32 Å². The molecule has 1 fully saturated rings. The Hall–Kier alpha value is -2.34. The fourth-order valence-electron chi connectivity index (χ4n) is 2.44. The molecule has 1 saturated heterocycles. The van der Waals surface area contributed by atoms with Crippen LogP contribution in [0.5, 0.6) is 0 Å². The largest absolute Gasteiger partial charge is 0.460 e. The Labute approximate surface area is 138 Å².